The van der Waals surface area contributed by atoms with Crippen LogP contribution in [0.3, 0.4) is 0 Å². The third-order valence-corrected chi connectivity index (χ3v) is 4.87. The van der Waals surface area contributed by atoms with Gasteiger partial charge in [0, 0.05) is 24.3 Å². The third-order valence-electron chi connectivity index (χ3n) is 4.87. The molecule has 1 aromatic heterocycles. The van der Waals surface area contributed by atoms with E-state index in [0.29, 0.717) is 18.2 Å². The van der Waals surface area contributed by atoms with E-state index in [2.05, 4.69) is 15.6 Å². The largest absolute Gasteiger partial charge is 0.454 e. The van der Waals surface area contributed by atoms with Crippen LogP contribution in [-0.4, -0.2) is 23.7 Å². The van der Waals surface area contributed by atoms with Crippen molar-refractivity contribution < 1.29 is 14.3 Å². The molecule has 1 saturated carbocycles. The molecule has 0 bridgehead atoms. The third kappa shape index (κ3) is 3.90. The molecule has 2 N–H and O–H groups in total. The SMILES string of the molecule is O=C(NCc1ccc2c(c1)OCO2)c1ccnc(NC2CCCCC2)c1. The normalized spacial score (nSPS) is 16.3. The van der Waals surface area contributed by atoms with Crippen molar-refractivity contribution >= 4 is 11.7 Å². The predicted octanol–water partition coefficient (Wildman–Crippen LogP) is 3.48. The number of fused-ring (bicyclic) bond motifs is 1. The Morgan fingerprint density at radius 3 is 2.81 bits per heavy atom. The molecule has 6 heteroatoms. The van der Waals surface area contributed by atoms with Gasteiger partial charge in [-0.25, -0.2) is 4.98 Å². The van der Waals surface area contributed by atoms with Crippen LogP contribution < -0.4 is 20.1 Å². The molecule has 2 heterocycles. The first kappa shape index (κ1) is 16.7. The molecule has 0 radical (unpaired) electrons. The highest BCUT2D eigenvalue weighted by molar-refractivity contribution is 5.94. The maximum absolute atomic E-state index is 12.5. The van der Waals surface area contributed by atoms with Gasteiger partial charge in [-0.15, -0.1) is 0 Å². The van der Waals surface area contributed by atoms with Gasteiger partial charge in [-0.05, 0) is 42.7 Å². The molecule has 6 nitrogen and oxygen atoms in total. The fourth-order valence-electron chi connectivity index (χ4n) is 3.44. The first-order valence-electron chi connectivity index (χ1n) is 9.17. The second-order valence-electron chi connectivity index (χ2n) is 6.78. The van der Waals surface area contributed by atoms with E-state index < -0.39 is 0 Å². The number of benzene rings is 1. The molecule has 1 fully saturated rings. The zero-order valence-electron chi connectivity index (χ0n) is 14.7. The Balaban J connectivity index is 1.36. The molecule has 0 unspecified atom stereocenters. The summed E-state index contributed by atoms with van der Waals surface area (Å²) in [6, 6.07) is 9.71. The van der Waals surface area contributed by atoms with Crippen molar-refractivity contribution in [1.29, 1.82) is 0 Å². The first-order chi connectivity index (χ1) is 12.8. The summed E-state index contributed by atoms with van der Waals surface area (Å²) in [7, 11) is 0. The maximum Gasteiger partial charge on any atom is 0.251 e. The highest BCUT2D eigenvalue weighted by Crippen LogP contribution is 2.32. The summed E-state index contributed by atoms with van der Waals surface area (Å²) in [6.07, 6.45) is 7.85. The van der Waals surface area contributed by atoms with Gasteiger partial charge < -0.3 is 20.1 Å². The molecule has 1 aromatic carbocycles. The van der Waals surface area contributed by atoms with Gasteiger partial charge in [0.05, 0.1) is 0 Å². The second-order valence-corrected chi connectivity index (χ2v) is 6.78. The molecule has 0 atom stereocenters. The summed E-state index contributed by atoms with van der Waals surface area (Å²) in [6.45, 7) is 0.683. The lowest BCUT2D eigenvalue weighted by Crippen LogP contribution is -2.25. The number of nitrogens with zero attached hydrogens (tertiary/aromatic N) is 1. The molecule has 2 aliphatic rings. The van der Waals surface area contributed by atoms with Crippen LogP contribution in [0.2, 0.25) is 0 Å². The molecular formula is C20H23N3O3. The van der Waals surface area contributed by atoms with Crippen LogP contribution >= 0.6 is 0 Å². The minimum absolute atomic E-state index is 0.114. The smallest absolute Gasteiger partial charge is 0.251 e. The van der Waals surface area contributed by atoms with Gasteiger partial charge in [0.2, 0.25) is 6.79 Å². The Labute approximate surface area is 152 Å². The number of aromatic nitrogens is 1. The van der Waals surface area contributed by atoms with Gasteiger partial charge in [-0.3, -0.25) is 4.79 Å². The Hall–Kier alpha value is -2.76. The zero-order valence-corrected chi connectivity index (χ0v) is 14.7. The van der Waals surface area contributed by atoms with Crippen LogP contribution in [0.15, 0.2) is 36.5 Å². The van der Waals surface area contributed by atoms with Gasteiger partial charge in [-0.2, -0.15) is 0 Å². The van der Waals surface area contributed by atoms with Crippen molar-refractivity contribution in [3.05, 3.63) is 47.7 Å². The summed E-state index contributed by atoms with van der Waals surface area (Å²) >= 11 is 0. The molecule has 2 aromatic rings. The first-order valence-corrected chi connectivity index (χ1v) is 9.17. The maximum atomic E-state index is 12.5. The number of amides is 1. The number of rotatable bonds is 5. The average Bonchev–Trinajstić information content (AvgIpc) is 3.15. The Kier molecular flexibility index (Phi) is 4.91. The minimum atomic E-state index is -0.114. The van der Waals surface area contributed by atoms with E-state index in [-0.39, 0.29) is 12.7 Å². The summed E-state index contributed by atoms with van der Waals surface area (Å²) < 4.78 is 10.7. The highest BCUT2D eigenvalue weighted by atomic mass is 16.7. The van der Waals surface area contributed by atoms with E-state index in [9.17, 15) is 4.79 Å². The molecule has 1 aliphatic heterocycles. The summed E-state index contributed by atoms with van der Waals surface area (Å²) in [5.74, 6) is 2.12. The zero-order chi connectivity index (χ0) is 17.8. The van der Waals surface area contributed by atoms with Crippen LogP contribution in [0, 0.1) is 0 Å². The minimum Gasteiger partial charge on any atom is -0.454 e. The van der Waals surface area contributed by atoms with E-state index in [1.54, 1.807) is 12.3 Å². The van der Waals surface area contributed by atoms with Gasteiger partial charge >= 0.3 is 0 Å². The predicted molar refractivity (Wildman–Crippen MR) is 98.5 cm³/mol. The van der Waals surface area contributed by atoms with Crippen molar-refractivity contribution in [2.24, 2.45) is 0 Å². The molecule has 0 saturated heterocycles. The average molecular weight is 353 g/mol. The van der Waals surface area contributed by atoms with Crippen LogP contribution in [0.4, 0.5) is 5.82 Å². The molecule has 136 valence electrons. The molecular weight excluding hydrogens is 330 g/mol. The molecule has 1 amide bonds. The van der Waals surface area contributed by atoms with Crippen molar-refractivity contribution in [3.8, 4) is 11.5 Å². The lowest BCUT2D eigenvalue weighted by molar-refractivity contribution is 0.0950. The number of pyridine rings is 1. The quantitative estimate of drug-likeness (QED) is 0.861. The van der Waals surface area contributed by atoms with E-state index in [1.165, 1.54) is 32.1 Å². The number of carbonyl (C=O) groups is 1. The van der Waals surface area contributed by atoms with E-state index in [1.807, 2.05) is 24.3 Å². The van der Waals surface area contributed by atoms with E-state index in [0.717, 1.165) is 22.9 Å². The van der Waals surface area contributed by atoms with Crippen LogP contribution in [-0.2, 0) is 6.54 Å². The molecule has 4 rings (SSSR count). The number of carbonyl (C=O) groups excluding carboxylic acids is 1. The Morgan fingerprint density at radius 1 is 1.08 bits per heavy atom. The monoisotopic (exact) mass is 353 g/mol. The fourth-order valence-corrected chi connectivity index (χ4v) is 3.44. The van der Waals surface area contributed by atoms with Crippen molar-refractivity contribution in [3.63, 3.8) is 0 Å². The molecule has 0 spiro atoms. The molecule has 26 heavy (non-hydrogen) atoms. The lowest BCUT2D eigenvalue weighted by atomic mass is 9.95. The number of ether oxygens (including phenoxy) is 2. The van der Waals surface area contributed by atoms with Gasteiger partial charge in [0.15, 0.2) is 11.5 Å². The second kappa shape index (κ2) is 7.64. The van der Waals surface area contributed by atoms with Gasteiger partial charge in [0.25, 0.3) is 5.91 Å². The van der Waals surface area contributed by atoms with Crippen molar-refractivity contribution in [1.82, 2.24) is 10.3 Å². The number of nitrogens with one attached hydrogen (secondary N) is 2. The summed E-state index contributed by atoms with van der Waals surface area (Å²) in [5.41, 5.74) is 1.58. The Bertz CT molecular complexity index is 788. The van der Waals surface area contributed by atoms with Crippen LogP contribution in [0.5, 0.6) is 11.5 Å². The standard InChI is InChI=1S/C20H23N3O3/c24-20(22-12-14-6-7-17-18(10-14)26-13-25-17)15-8-9-21-19(11-15)23-16-4-2-1-3-5-16/h6-11,16H,1-5,12-13H2,(H,21,23)(H,22,24). The number of anilines is 1. The van der Waals surface area contributed by atoms with Crippen molar-refractivity contribution in [2.75, 3.05) is 12.1 Å². The summed E-state index contributed by atoms with van der Waals surface area (Å²) in [4.78, 5) is 16.8. The highest BCUT2D eigenvalue weighted by Gasteiger charge is 2.15. The van der Waals surface area contributed by atoms with E-state index >= 15 is 0 Å². The van der Waals surface area contributed by atoms with Crippen LogP contribution in [0.1, 0.15) is 48.0 Å². The Morgan fingerprint density at radius 2 is 1.92 bits per heavy atom. The number of hydrogen-bond acceptors (Lipinski definition) is 5. The van der Waals surface area contributed by atoms with Gasteiger partial charge in [0.1, 0.15) is 5.82 Å². The topological polar surface area (TPSA) is 72.5 Å². The lowest BCUT2D eigenvalue weighted by Gasteiger charge is -2.23. The summed E-state index contributed by atoms with van der Waals surface area (Å²) in [5, 5.41) is 6.40. The van der Waals surface area contributed by atoms with Crippen molar-refractivity contribution in [2.45, 2.75) is 44.7 Å². The number of hydrogen-bond donors (Lipinski definition) is 2. The molecule has 1 aliphatic carbocycles. The van der Waals surface area contributed by atoms with Gasteiger partial charge in [-0.1, -0.05) is 25.3 Å². The van der Waals surface area contributed by atoms with E-state index in [4.69, 9.17) is 9.47 Å². The fraction of sp³-hybridized carbons (Fsp3) is 0.400. The van der Waals surface area contributed by atoms with Crippen LogP contribution in [0.25, 0.3) is 0 Å².